The standard InChI is InChI=1S/C11H20N2OS/c1-5-7-15-8-6-12-10(2)9-11(14)13(3)4/h1,10,12H,6-9H2,2-4H3. The predicted molar refractivity (Wildman–Crippen MR) is 66.9 cm³/mol. The van der Waals surface area contributed by atoms with E-state index in [2.05, 4.69) is 11.2 Å². The Balaban J connectivity index is 3.45. The van der Waals surface area contributed by atoms with E-state index in [1.807, 2.05) is 6.92 Å². The highest BCUT2D eigenvalue weighted by atomic mass is 32.2. The molecular formula is C11H20N2OS. The molecule has 0 heterocycles. The van der Waals surface area contributed by atoms with E-state index < -0.39 is 0 Å². The number of carbonyl (C=O) groups excluding carboxylic acids is 1. The summed E-state index contributed by atoms with van der Waals surface area (Å²) >= 11 is 1.73. The van der Waals surface area contributed by atoms with Crippen molar-refractivity contribution in [2.45, 2.75) is 19.4 Å². The Hall–Kier alpha value is -0.660. The summed E-state index contributed by atoms with van der Waals surface area (Å²) in [4.78, 5) is 13.0. The number of carbonyl (C=O) groups is 1. The van der Waals surface area contributed by atoms with Crippen LogP contribution in [0.25, 0.3) is 0 Å². The fraction of sp³-hybridized carbons (Fsp3) is 0.727. The lowest BCUT2D eigenvalue weighted by Gasteiger charge is -2.16. The molecule has 1 N–H and O–H groups in total. The van der Waals surface area contributed by atoms with Crippen LogP contribution in [-0.2, 0) is 4.79 Å². The minimum absolute atomic E-state index is 0.159. The van der Waals surface area contributed by atoms with Crippen LogP contribution in [-0.4, -0.2) is 49.0 Å². The minimum atomic E-state index is 0.159. The molecule has 15 heavy (non-hydrogen) atoms. The van der Waals surface area contributed by atoms with Crippen LogP contribution >= 0.6 is 11.8 Å². The van der Waals surface area contributed by atoms with Crippen molar-refractivity contribution in [3.05, 3.63) is 0 Å². The van der Waals surface area contributed by atoms with E-state index in [9.17, 15) is 4.79 Å². The topological polar surface area (TPSA) is 32.3 Å². The summed E-state index contributed by atoms with van der Waals surface area (Å²) in [6.45, 7) is 2.92. The van der Waals surface area contributed by atoms with Gasteiger partial charge in [-0.05, 0) is 6.92 Å². The molecule has 0 aromatic heterocycles. The molecular weight excluding hydrogens is 208 g/mol. The van der Waals surface area contributed by atoms with Gasteiger partial charge in [0.05, 0.1) is 5.75 Å². The monoisotopic (exact) mass is 228 g/mol. The van der Waals surface area contributed by atoms with Gasteiger partial charge in [-0.3, -0.25) is 4.79 Å². The molecule has 0 aromatic rings. The molecule has 0 fully saturated rings. The molecule has 86 valence electrons. The van der Waals surface area contributed by atoms with E-state index >= 15 is 0 Å². The highest BCUT2D eigenvalue weighted by Gasteiger charge is 2.09. The van der Waals surface area contributed by atoms with Gasteiger partial charge in [-0.15, -0.1) is 18.2 Å². The largest absolute Gasteiger partial charge is 0.349 e. The Morgan fingerprint density at radius 2 is 2.27 bits per heavy atom. The average Bonchev–Trinajstić information content (AvgIpc) is 2.17. The highest BCUT2D eigenvalue weighted by Crippen LogP contribution is 1.98. The molecule has 0 rings (SSSR count). The van der Waals surface area contributed by atoms with Gasteiger partial charge in [0, 0.05) is 38.9 Å². The summed E-state index contributed by atoms with van der Waals surface area (Å²) < 4.78 is 0. The Bertz CT molecular complexity index is 223. The molecule has 0 aliphatic carbocycles. The fourth-order valence-corrected chi connectivity index (χ4v) is 1.55. The molecule has 0 aliphatic heterocycles. The summed E-state index contributed by atoms with van der Waals surface area (Å²) in [5.41, 5.74) is 0. The summed E-state index contributed by atoms with van der Waals surface area (Å²) in [6, 6.07) is 0.228. The van der Waals surface area contributed by atoms with Crippen LogP contribution in [0.3, 0.4) is 0 Å². The second kappa shape index (κ2) is 8.63. The van der Waals surface area contributed by atoms with E-state index in [0.717, 1.165) is 18.1 Å². The summed E-state index contributed by atoms with van der Waals surface area (Å²) in [5.74, 6) is 4.48. The van der Waals surface area contributed by atoms with Crippen LogP contribution in [0, 0.1) is 12.3 Å². The van der Waals surface area contributed by atoms with E-state index in [4.69, 9.17) is 6.42 Å². The lowest BCUT2D eigenvalue weighted by molar-refractivity contribution is -0.129. The maximum Gasteiger partial charge on any atom is 0.223 e. The molecule has 0 aromatic carbocycles. The molecule has 0 bridgehead atoms. The highest BCUT2D eigenvalue weighted by molar-refractivity contribution is 7.99. The van der Waals surface area contributed by atoms with Gasteiger partial charge in [-0.25, -0.2) is 0 Å². The first-order valence-corrected chi connectivity index (χ1v) is 6.18. The minimum Gasteiger partial charge on any atom is -0.349 e. The molecule has 0 saturated heterocycles. The van der Waals surface area contributed by atoms with Crippen LogP contribution in [0.1, 0.15) is 13.3 Å². The molecule has 1 unspecified atom stereocenters. The van der Waals surface area contributed by atoms with Crippen LogP contribution in [0.2, 0.25) is 0 Å². The Labute approximate surface area is 97.0 Å². The number of hydrogen-bond donors (Lipinski definition) is 1. The first-order chi connectivity index (χ1) is 7.07. The fourth-order valence-electron chi connectivity index (χ4n) is 1.03. The van der Waals surface area contributed by atoms with E-state index in [-0.39, 0.29) is 11.9 Å². The molecule has 0 saturated carbocycles. The maximum absolute atomic E-state index is 11.3. The van der Waals surface area contributed by atoms with Crippen LogP contribution in [0.4, 0.5) is 0 Å². The zero-order valence-corrected chi connectivity index (χ0v) is 10.6. The third-order valence-corrected chi connectivity index (χ3v) is 2.77. The van der Waals surface area contributed by atoms with Gasteiger partial charge in [0.1, 0.15) is 0 Å². The first kappa shape index (κ1) is 14.3. The van der Waals surface area contributed by atoms with Gasteiger partial charge in [0.15, 0.2) is 0 Å². The third kappa shape index (κ3) is 8.34. The lowest BCUT2D eigenvalue weighted by Crippen LogP contribution is -2.34. The Kier molecular flexibility index (Phi) is 8.25. The first-order valence-electron chi connectivity index (χ1n) is 5.02. The number of nitrogens with one attached hydrogen (secondary N) is 1. The van der Waals surface area contributed by atoms with Gasteiger partial charge < -0.3 is 10.2 Å². The summed E-state index contributed by atoms with van der Waals surface area (Å²) in [6.07, 6.45) is 5.68. The number of thioether (sulfide) groups is 1. The van der Waals surface area contributed by atoms with Crippen molar-refractivity contribution in [3.8, 4) is 12.3 Å². The molecule has 0 radical (unpaired) electrons. The van der Waals surface area contributed by atoms with Crippen LogP contribution < -0.4 is 5.32 Å². The number of terminal acetylenes is 1. The van der Waals surface area contributed by atoms with Crippen molar-refractivity contribution in [2.24, 2.45) is 0 Å². The number of amides is 1. The summed E-state index contributed by atoms with van der Waals surface area (Å²) in [5, 5.41) is 3.29. The SMILES string of the molecule is C#CCSCCNC(C)CC(=O)N(C)C. The third-order valence-electron chi connectivity index (χ3n) is 1.90. The molecule has 1 atom stereocenters. The zero-order chi connectivity index (χ0) is 11.7. The van der Waals surface area contributed by atoms with Crippen molar-refractivity contribution in [2.75, 3.05) is 32.1 Å². The van der Waals surface area contributed by atoms with Crippen molar-refractivity contribution in [1.29, 1.82) is 0 Å². The summed E-state index contributed by atoms with van der Waals surface area (Å²) in [7, 11) is 3.55. The maximum atomic E-state index is 11.3. The quantitative estimate of drug-likeness (QED) is 0.517. The van der Waals surface area contributed by atoms with Crippen molar-refractivity contribution < 1.29 is 4.79 Å². The smallest absolute Gasteiger partial charge is 0.223 e. The normalized spacial score (nSPS) is 11.9. The van der Waals surface area contributed by atoms with Crippen molar-refractivity contribution in [3.63, 3.8) is 0 Å². The second-order valence-corrected chi connectivity index (χ2v) is 4.71. The van der Waals surface area contributed by atoms with E-state index in [1.165, 1.54) is 0 Å². The average molecular weight is 228 g/mol. The molecule has 0 aliphatic rings. The van der Waals surface area contributed by atoms with Crippen LogP contribution in [0.15, 0.2) is 0 Å². The van der Waals surface area contributed by atoms with Gasteiger partial charge in [0.25, 0.3) is 0 Å². The van der Waals surface area contributed by atoms with E-state index in [1.54, 1.807) is 30.8 Å². The van der Waals surface area contributed by atoms with Crippen LogP contribution in [0.5, 0.6) is 0 Å². The van der Waals surface area contributed by atoms with Gasteiger partial charge >= 0.3 is 0 Å². The zero-order valence-electron chi connectivity index (χ0n) is 9.75. The van der Waals surface area contributed by atoms with Gasteiger partial charge in [-0.2, -0.15) is 0 Å². The van der Waals surface area contributed by atoms with Gasteiger partial charge in [-0.1, -0.05) is 5.92 Å². The van der Waals surface area contributed by atoms with Crippen molar-refractivity contribution in [1.82, 2.24) is 10.2 Å². The number of rotatable bonds is 7. The van der Waals surface area contributed by atoms with Gasteiger partial charge in [0.2, 0.25) is 5.91 Å². The van der Waals surface area contributed by atoms with Crippen molar-refractivity contribution >= 4 is 17.7 Å². The predicted octanol–water partition coefficient (Wildman–Crippen LogP) is 0.809. The second-order valence-electron chi connectivity index (χ2n) is 3.60. The molecule has 0 spiro atoms. The number of hydrogen-bond acceptors (Lipinski definition) is 3. The molecule has 3 nitrogen and oxygen atoms in total. The van der Waals surface area contributed by atoms with E-state index in [0.29, 0.717) is 6.42 Å². The Morgan fingerprint density at radius 1 is 1.60 bits per heavy atom. The lowest BCUT2D eigenvalue weighted by atomic mass is 10.2. The molecule has 4 heteroatoms. The Morgan fingerprint density at radius 3 is 2.80 bits per heavy atom. The molecule has 1 amide bonds. The number of nitrogens with zero attached hydrogens (tertiary/aromatic N) is 1.